The van der Waals surface area contributed by atoms with E-state index in [4.69, 9.17) is 32.4 Å². The minimum absolute atomic E-state index is 0.0810. The second-order valence-electron chi connectivity index (χ2n) is 6.50. The van der Waals surface area contributed by atoms with Crippen molar-refractivity contribution in [3.8, 4) is 0 Å². The van der Waals surface area contributed by atoms with Gasteiger partial charge in [-0.3, -0.25) is 0 Å². The van der Waals surface area contributed by atoms with Gasteiger partial charge in [-0.2, -0.15) is 0 Å². The van der Waals surface area contributed by atoms with Gasteiger partial charge in [-0.05, 0) is 25.7 Å². The summed E-state index contributed by atoms with van der Waals surface area (Å²) in [5, 5.41) is 20.1. The van der Waals surface area contributed by atoms with E-state index < -0.39 is 36.7 Å². The molecule has 0 aromatic heterocycles. The van der Waals surface area contributed by atoms with Crippen LogP contribution in [0.5, 0.6) is 0 Å². The number of ether oxygens (including phenoxy) is 2. The van der Waals surface area contributed by atoms with Crippen LogP contribution in [0.1, 0.15) is 32.6 Å². The molecule has 0 aromatic carbocycles. The molecule has 1 heterocycles. The smallest absolute Gasteiger partial charge is 0.173 e. The molecule has 8 nitrogen and oxygen atoms in total. The van der Waals surface area contributed by atoms with E-state index in [1.54, 1.807) is 0 Å². The number of hydrogen-bond donors (Lipinski definition) is 6. The quantitative estimate of drug-likeness (QED) is 0.337. The van der Waals surface area contributed by atoms with Gasteiger partial charge >= 0.3 is 0 Å². The lowest BCUT2D eigenvalue weighted by molar-refractivity contribution is -0.256. The van der Waals surface area contributed by atoms with E-state index in [-0.39, 0.29) is 18.2 Å². The van der Waals surface area contributed by atoms with Gasteiger partial charge in [0.15, 0.2) is 6.29 Å². The van der Waals surface area contributed by atoms with Gasteiger partial charge < -0.3 is 42.6 Å². The fraction of sp³-hybridized carbons (Fsp3) is 1.00. The van der Waals surface area contributed by atoms with E-state index in [9.17, 15) is 10.2 Å². The molecule has 0 unspecified atom stereocenters. The maximum atomic E-state index is 10.2. The number of hydrogen-bond acceptors (Lipinski definition) is 8. The Morgan fingerprint density at radius 1 is 1.09 bits per heavy atom. The summed E-state index contributed by atoms with van der Waals surface area (Å²) in [5.74, 6) is 0. The summed E-state index contributed by atoms with van der Waals surface area (Å²) in [6.45, 7) is 2.00. The monoisotopic (exact) mass is 318 g/mol. The molecule has 1 saturated carbocycles. The number of rotatable bonds is 4. The van der Waals surface area contributed by atoms with E-state index in [0.29, 0.717) is 6.42 Å². The van der Waals surface area contributed by atoms with Crippen LogP contribution in [0.15, 0.2) is 0 Å². The third-order valence-electron chi connectivity index (χ3n) is 4.77. The molecule has 22 heavy (non-hydrogen) atoms. The average Bonchev–Trinajstić information content (AvgIpc) is 2.50. The predicted molar refractivity (Wildman–Crippen MR) is 81.6 cm³/mol. The summed E-state index contributed by atoms with van der Waals surface area (Å²) in [7, 11) is 0. The summed E-state index contributed by atoms with van der Waals surface area (Å²) in [6.07, 6.45) is -1.14. The zero-order valence-electron chi connectivity index (χ0n) is 13.0. The SMILES string of the molecule is CC[C@@H](N)[C@@H]1CC[C@@H](N)[C@@H](O[C@H]2[C@H](O)[C@@H](O)[C@H](N)C[C@@H]2N)O1. The first-order valence-corrected chi connectivity index (χ1v) is 8.04. The highest BCUT2D eigenvalue weighted by Crippen LogP contribution is 2.27. The molecule has 0 bridgehead atoms. The summed E-state index contributed by atoms with van der Waals surface area (Å²) in [5.41, 5.74) is 23.8. The van der Waals surface area contributed by atoms with Crippen LogP contribution in [0.2, 0.25) is 0 Å². The van der Waals surface area contributed by atoms with Crippen LogP contribution in [0.25, 0.3) is 0 Å². The van der Waals surface area contributed by atoms with Crippen LogP contribution in [0.4, 0.5) is 0 Å². The molecule has 1 aliphatic heterocycles. The van der Waals surface area contributed by atoms with Crippen LogP contribution in [-0.4, -0.2) is 65.1 Å². The molecule has 0 amide bonds. The lowest BCUT2D eigenvalue weighted by atomic mass is 9.84. The average molecular weight is 318 g/mol. The van der Waals surface area contributed by atoms with Crippen molar-refractivity contribution in [2.75, 3.05) is 0 Å². The van der Waals surface area contributed by atoms with Crippen LogP contribution in [0.3, 0.4) is 0 Å². The lowest BCUT2D eigenvalue weighted by Crippen LogP contribution is -2.64. The first-order chi connectivity index (χ1) is 10.3. The second kappa shape index (κ2) is 7.50. The Kier molecular flexibility index (Phi) is 6.14. The van der Waals surface area contributed by atoms with Gasteiger partial charge in [-0.15, -0.1) is 0 Å². The molecule has 0 aromatic rings. The van der Waals surface area contributed by atoms with Gasteiger partial charge in [-0.25, -0.2) is 0 Å². The predicted octanol–water partition coefficient (Wildman–Crippen LogP) is -2.28. The molecule has 130 valence electrons. The minimum atomic E-state index is -1.16. The topological polar surface area (TPSA) is 163 Å². The summed E-state index contributed by atoms with van der Waals surface area (Å²) in [4.78, 5) is 0. The first-order valence-electron chi connectivity index (χ1n) is 8.04. The van der Waals surface area contributed by atoms with Crippen molar-refractivity contribution in [2.45, 2.75) is 87.5 Å². The fourth-order valence-corrected chi connectivity index (χ4v) is 3.17. The largest absolute Gasteiger partial charge is 0.389 e. The Labute approximate surface area is 131 Å². The van der Waals surface area contributed by atoms with Gasteiger partial charge in [0.05, 0.1) is 18.2 Å². The Bertz CT molecular complexity index is 362. The van der Waals surface area contributed by atoms with Crippen LogP contribution in [-0.2, 0) is 9.47 Å². The second-order valence-corrected chi connectivity index (χ2v) is 6.50. The molecule has 10 N–H and O–H groups in total. The zero-order chi connectivity index (χ0) is 16.4. The Balaban J connectivity index is 2.01. The Hall–Kier alpha value is -0.320. The lowest BCUT2D eigenvalue weighted by Gasteiger charge is -2.44. The normalized spacial score (nSPS) is 48.1. The van der Waals surface area contributed by atoms with Crippen LogP contribution in [0, 0.1) is 0 Å². The molecule has 0 spiro atoms. The van der Waals surface area contributed by atoms with E-state index in [1.165, 1.54) is 0 Å². The maximum absolute atomic E-state index is 10.2. The summed E-state index contributed by atoms with van der Waals surface area (Å²) in [6, 6.07) is -1.44. The molecule has 2 aliphatic rings. The van der Waals surface area contributed by atoms with Crippen LogP contribution >= 0.6 is 0 Å². The number of nitrogens with two attached hydrogens (primary N) is 4. The Morgan fingerprint density at radius 3 is 2.41 bits per heavy atom. The Morgan fingerprint density at radius 2 is 1.77 bits per heavy atom. The van der Waals surface area contributed by atoms with Crippen molar-refractivity contribution in [1.29, 1.82) is 0 Å². The summed E-state index contributed by atoms with van der Waals surface area (Å²) < 4.78 is 11.7. The molecule has 8 heteroatoms. The van der Waals surface area contributed by atoms with Crippen molar-refractivity contribution in [3.05, 3.63) is 0 Å². The van der Waals surface area contributed by atoms with Gasteiger partial charge in [-0.1, -0.05) is 6.92 Å². The fourth-order valence-electron chi connectivity index (χ4n) is 3.17. The van der Waals surface area contributed by atoms with Gasteiger partial charge in [0, 0.05) is 18.1 Å². The van der Waals surface area contributed by atoms with Crippen molar-refractivity contribution in [3.63, 3.8) is 0 Å². The molecule has 0 radical (unpaired) electrons. The van der Waals surface area contributed by atoms with E-state index in [2.05, 4.69) is 0 Å². The van der Waals surface area contributed by atoms with Crippen molar-refractivity contribution >= 4 is 0 Å². The van der Waals surface area contributed by atoms with E-state index in [1.807, 2.05) is 6.92 Å². The maximum Gasteiger partial charge on any atom is 0.173 e. The van der Waals surface area contributed by atoms with Gasteiger partial charge in [0.1, 0.15) is 12.2 Å². The standard InChI is InChI=1S/C14H30N4O4/c1-2-6(15)10-4-3-7(16)14(21-10)22-13-9(18)5-8(17)11(19)12(13)20/h6-14,19-20H,2-5,15-18H2,1H3/t6-,7-,8-,9+,10+,11+,12-,13-,14-/m1/s1. The zero-order valence-corrected chi connectivity index (χ0v) is 13.0. The molecule has 9 atom stereocenters. The van der Waals surface area contributed by atoms with Crippen molar-refractivity contribution in [1.82, 2.24) is 0 Å². The van der Waals surface area contributed by atoms with E-state index in [0.717, 1.165) is 19.3 Å². The van der Waals surface area contributed by atoms with Crippen molar-refractivity contribution in [2.24, 2.45) is 22.9 Å². The molecule has 1 aliphatic carbocycles. The first kappa shape index (κ1) is 18.0. The highest BCUT2D eigenvalue weighted by molar-refractivity contribution is 4.98. The third-order valence-corrected chi connectivity index (χ3v) is 4.77. The highest BCUT2D eigenvalue weighted by atomic mass is 16.7. The molecule has 1 saturated heterocycles. The molecule has 2 rings (SSSR count). The van der Waals surface area contributed by atoms with Crippen molar-refractivity contribution < 1.29 is 19.7 Å². The summed E-state index contributed by atoms with van der Waals surface area (Å²) >= 11 is 0. The molecular weight excluding hydrogens is 288 g/mol. The van der Waals surface area contributed by atoms with Crippen LogP contribution < -0.4 is 22.9 Å². The van der Waals surface area contributed by atoms with E-state index >= 15 is 0 Å². The molecular formula is C14H30N4O4. The van der Waals surface area contributed by atoms with Gasteiger partial charge in [0.25, 0.3) is 0 Å². The van der Waals surface area contributed by atoms with Gasteiger partial charge in [0.2, 0.25) is 0 Å². The molecule has 2 fully saturated rings. The number of aliphatic hydroxyl groups excluding tert-OH is 2. The highest BCUT2D eigenvalue weighted by Gasteiger charge is 2.44. The third kappa shape index (κ3) is 3.77. The number of aliphatic hydroxyl groups is 2. The minimum Gasteiger partial charge on any atom is -0.389 e.